The maximum Gasteiger partial charge on any atom is 0.419 e. The average molecular weight is 1560 g/mol. The highest BCUT2D eigenvalue weighted by atomic mass is 19.4. The molecule has 8 aromatic carbocycles. The second-order valence-corrected chi connectivity index (χ2v) is 25.2. The number of nitriles is 1. The molecular weight excluding hydrogens is 1480 g/mol. The fourth-order valence-corrected chi connectivity index (χ4v) is 12.2. The number of fused-ring (bicyclic) bond motifs is 2. The van der Waals surface area contributed by atoms with Crippen molar-refractivity contribution in [1.82, 2.24) is 44.2 Å². The molecule has 0 fully saturated rings. The molecule has 4 N–H and O–H groups in total. The van der Waals surface area contributed by atoms with Crippen molar-refractivity contribution in [2.75, 3.05) is 31.6 Å². The number of amides is 4. The first-order valence-electron chi connectivity index (χ1n) is 35.3. The average Bonchev–Trinajstić information content (AvgIpc) is 0.760. The van der Waals surface area contributed by atoms with E-state index in [1.807, 2.05) is 19.9 Å². The lowest BCUT2D eigenvalue weighted by molar-refractivity contribution is -0.140. The van der Waals surface area contributed by atoms with Gasteiger partial charge in [0.05, 0.1) is 106 Å². The number of anilines is 1. The van der Waals surface area contributed by atoms with E-state index < -0.39 is 83.4 Å². The molecule has 0 aliphatic rings. The number of pyridine rings is 2. The Bertz CT molecular complexity index is 5630. The van der Waals surface area contributed by atoms with Gasteiger partial charge in [-0.15, -0.1) is 0 Å². The minimum absolute atomic E-state index is 0.00638. The van der Waals surface area contributed by atoms with Gasteiger partial charge in [-0.05, 0) is 201 Å². The van der Waals surface area contributed by atoms with Crippen LogP contribution in [0, 0.1) is 29.5 Å². The van der Waals surface area contributed by atoms with Gasteiger partial charge in [-0.3, -0.25) is 38.3 Å². The Labute approximate surface area is 646 Å². The summed E-state index contributed by atoms with van der Waals surface area (Å²) in [4.78, 5) is 108. The number of aromatic nitrogens is 6. The van der Waals surface area contributed by atoms with Crippen LogP contribution in [-0.4, -0.2) is 89.1 Å². The minimum atomic E-state index is -4.93. The summed E-state index contributed by atoms with van der Waals surface area (Å²) in [5.41, 5.74) is 7.11. The smallest absolute Gasteiger partial charge is 0.419 e. The van der Waals surface area contributed by atoms with E-state index in [4.69, 9.17) is 37.0 Å². The van der Waals surface area contributed by atoms with Gasteiger partial charge in [0, 0.05) is 50.1 Å². The first-order valence-corrected chi connectivity index (χ1v) is 35.3. The third kappa shape index (κ3) is 21.3. The van der Waals surface area contributed by atoms with Gasteiger partial charge in [-0.25, -0.2) is 33.2 Å². The Morgan fingerprint density at radius 2 is 1.05 bits per heavy atom. The molecular formula is C84H70F8N14O8. The summed E-state index contributed by atoms with van der Waals surface area (Å²) in [7, 11) is 0. The van der Waals surface area contributed by atoms with Crippen molar-refractivity contribution in [2.24, 2.45) is 10.7 Å². The highest BCUT2D eigenvalue weighted by Crippen LogP contribution is 2.36. The highest BCUT2D eigenvalue weighted by molar-refractivity contribution is 5.89. The Hall–Kier alpha value is -14.1. The zero-order valence-corrected chi connectivity index (χ0v) is 61.0. The summed E-state index contributed by atoms with van der Waals surface area (Å²) in [5.74, 6) is -2.67. The molecule has 580 valence electrons. The first-order chi connectivity index (χ1) is 54.9. The van der Waals surface area contributed by atoms with Crippen molar-refractivity contribution < 1.29 is 63.8 Å². The van der Waals surface area contributed by atoms with Crippen LogP contribution in [0.2, 0.25) is 0 Å². The molecule has 2 unspecified atom stereocenters. The Morgan fingerprint density at radius 3 is 1.45 bits per heavy atom. The number of carbonyl (C=O) groups is 3. The number of alkyl halides is 6. The second kappa shape index (κ2) is 38.5. The lowest BCUT2D eigenvalue weighted by Gasteiger charge is -2.33. The molecule has 2 atom stereocenters. The van der Waals surface area contributed by atoms with Gasteiger partial charge in [0.1, 0.15) is 34.8 Å². The predicted molar refractivity (Wildman–Crippen MR) is 409 cm³/mol. The summed E-state index contributed by atoms with van der Waals surface area (Å²) in [6.07, 6.45) is -2.94. The van der Waals surface area contributed by atoms with Crippen LogP contribution in [0.5, 0.6) is 11.5 Å². The molecule has 0 spiro atoms. The summed E-state index contributed by atoms with van der Waals surface area (Å²) >= 11 is 0. The van der Waals surface area contributed by atoms with E-state index in [0.717, 1.165) is 12.1 Å². The molecule has 30 heteroatoms. The molecule has 12 rings (SSSR count). The Balaban J connectivity index is 0.000000216. The molecule has 0 aliphatic heterocycles. The van der Waals surface area contributed by atoms with Gasteiger partial charge >= 0.3 is 18.4 Å². The number of halogens is 8. The SMILES string of the molecule is CCOc1ccc(-n2c(C(CCN)N(Cc3cccnc3)C(=O)Cc3ccc(C(F)(F)F)c(F)c3)nc3ccccc3c2=O)cc1.CCOc1ccc(-n2c(C(CCNC(=O)Nc3ccc(C#N)cc3)N(Cc3cccnc3)C(=O)Cc3ccc(C(F)(F)F)c(F)c3)nc3ccccc3c2=O)cc1.[C-]#[N+]c1ccc(N=C=O)cc1. The number of isocyanates is 1. The van der Waals surface area contributed by atoms with E-state index in [1.54, 1.807) is 188 Å². The number of nitrogens with one attached hydrogen (secondary N) is 2. The van der Waals surface area contributed by atoms with Crippen LogP contribution in [0.1, 0.15) is 89.4 Å². The number of urea groups is 1. The van der Waals surface area contributed by atoms with Gasteiger partial charge < -0.3 is 35.6 Å². The molecule has 4 aromatic heterocycles. The maximum atomic E-state index is 14.7. The van der Waals surface area contributed by atoms with E-state index >= 15 is 0 Å². The minimum Gasteiger partial charge on any atom is -0.494 e. The summed E-state index contributed by atoms with van der Waals surface area (Å²) in [6, 6.07) is 50.7. The fourth-order valence-electron chi connectivity index (χ4n) is 12.2. The zero-order chi connectivity index (χ0) is 81.5. The number of nitrogens with zero attached hydrogens (tertiary/aromatic N) is 11. The lowest BCUT2D eigenvalue weighted by Crippen LogP contribution is -2.41. The van der Waals surface area contributed by atoms with E-state index in [9.17, 15) is 63.9 Å². The number of benzene rings is 8. The number of hydrogen-bond donors (Lipinski definition) is 3. The molecule has 0 radical (unpaired) electrons. The second-order valence-electron chi connectivity index (χ2n) is 25.2. The third-order valence-corrected chi connectivity index (χ3v) is 17.5. The highest BCUT2D eigenvalue weighted by Gasteiger charge is 2.37. The predicted octanol–water partition coefficient (Wildman–Crippen LogP) is 15.9. The van der Waals surface area contributed by atoms with Crippen molar-refractivity contribution in [3.05, 3.63) is 325 Å². The third-order valence-electron chi connectivity index (χ3n) is 17.5. The van der Waals surface area contributed by atoms with Crippen LogP contribution in [0.3, 0.4) is 0 Å². The van der Waals surface area contributed by atoms with Crippen LogP contribution in [0.15, 0.2) is 246 Å². The number of carbonyl (C=O) groups excluding carboxylic acids is 4. The Kier molecular flexibility index (Phi) is 27.8. The molecule has 0 saturated carbocycles. The number of aliphatic imine (C=N–C) groups is 1. The number of para-hydroxylation sites is 2. The van der Waals surface area contributed by atoms with Crippen molar-refractivity contribution >= 4 is 62.8 Å². The summed E-state index contributed by atoms with van der Waals surface area (Å²) in [6.45, 7) is 11.1. The summed E-state index contributed by atoms with van der Waals surface area (Å²) in [5, 5.41) is 15.2. The van der Waals surface area contributed by atoms with Gasteiger partial charge in [0.25, 0.3) is 11.1 Å². The molecule has 114 heavy (non-hydrogen) atoms. The molecule has 0 saturated heterocycles. The molecule has 4 amide bonds. The molecule has 4 heterocycles. The first kappa shape index (κ1) is 82.4. The van der Waals surface area contributed by atoms with Gasteiger partial charge in [-0.2, -0.15) is 36.6 Å². The van der Waals surface area contributed by atoms with Crippen LogP contribution < -0.4 is 37.0 Å². The summed E-state index contributed by atoms with van der Waals surface area (Å²) < 4.78 is 123. The van der Waals surface area contributed by atoms with Gasteiger partial charge in [0.2, 0.25) is 17.9 Å². The van der Waals surface area contributed by atoms with Crippen molar-refractivity contribution in [3.8, 4) is 28.9 Å². The van der Waals surface area contributed by atoms with Crippen molar-refractivity contribution in [1.29, 1.82) is 5.26 Å². The van der Waals surface area contributed by atoms with Crippen LogP contribution >= 0.6 is 0 Å². The van der Waals surface area contributed by atoms with Crippen molar-refractivity contribution in [3.63, 3.8) is 0 Å². The van der Waals surface area contributed by atoms with E-state index in [2.05, 4.69) is 30.4 Å². The van der Waals surface area contributed by atoms with Crippen LogP contribution in [0.25, 0.3) is 38.0 Å². The number of hydrogen-bond acceptors (Lipinski definition) is 15. The zero-order valence-electron chi connectivity index (χ0n) is 61.0. The molecule has 0 aliphatic carbocycles. The molecule has 22 nitrogen and oxygen atoms in total. The van der Waals surface area contributed by atoms with E-state index in [1.165, 1.54) is 31.2 Å². The number of rotatable bonds is 25. The number of nitrogens with two attached hydrogens (primary N) is 1. The lowest BCUT2D eigenvalue weighted by atomic mass is 10.0. The van der Waals surface area contributed by atoms with Gasteiger partial charge in [-0.1, -0.05) is 60.7 Å². The monoisotopic (exact) mass is 1550 g/mol. The van der Waals surface area contributed by atoms with E-state index in [0.29, 0.717) is 116 Å². The van der Waals surface area contributed by atoms with E-state index in [-0.39, 0.29) is 67.4 Å². The largest absolute Gasteiger partial charge is 0.494 e. The topological polar surface area (TPSA) is 279 Å². The maximum absolute atomic E-state index is 14.7. The number of ether oxygens (including phenoxy) is 2. The van der Waals surface area contributed by atoms with Gasteiger partial charge in [0.15, 0.2) is 5.69 Å². The molecule has 12 aromatic rings. The van der Waals surface area contributed by atoms with Crippen molar-refractivity contribution in [2.45, 2.75) is 77.1 Å². The quantitative estimate of drug-likeness (QED) is 0.0208. The Morgan fingerprint density at radius 1 is 0.596 bits per heavy atom. The standard InChI is InChI=1S/C42H35F4N7O4.C34H31F4N5O3.C8H4N2O/c1-2-57-32-16-14-31(15-17-32)53-39(51-36-8-4-3-7-33(36)40(53)55)37(19-21-49-41(56)50-30-12-9-27(24-47)10-13-30)52(26-29-6-5-20-48-25-29)38(54)23-28-11-18-34(35(43)22-28)42(44,45)46;1-2-46-25-12-10-24(11-13-25)43-32(41-29-8-4-3-7-26(29)33(43)45)30(15-16-39)42(21-23-6-5-17-40-20-23)31(44)19-22-9-14-27(28(35)18-22)34(36,37)38;1-9-7-2-4-8(5-3-7)10-6-11/h3-18,20,22,25,37H,2,19,21,23,26H2,1H3,(H2,49,50,56);3-14,17-18,20,30H,2,15-16,19,21,39H2,1H3;2-5H. The van der Waals surface area contributed by atoms with Crippen LogP contribution in [-0.2, 0) is 52.7 Å². The molecule has 0 bridgehead atoms. The van der Waals surface area contributed by atoms with Crippen LogP contribution in [0.4, 0.5) is 57.0 Å². The fraction of sp³-hybridized carbons (Fsp3) is 0.190. The normalized spacial score (nSPS) is 11.6.